The van der Waals surface area contributed by atoms with Gasteiger partial charge in [-0.15, -0.1) is 11.3 Å². The summed E-state index contributed by atoms with van der Waals surface area (Å²) in [5, 5.41) is 1.99. The second-order valence-electron chi connectivity index (χ2n) is 6.70. The molecule has 6 heteroatoms. The van der Waals surface area contributed by atoms with Crippen molar-refractivity contribution in [3.8, 4) is 0 Å². The minimum Gasteiger partial charge on any atom is -0.465 e. The Hall–Kier alpha value is -1.92. The Balaban J connectivity index is 2.01. The lowest BCUT2D eigenvalue weighted by Gasteiger charge is -2.29. The fraction of sp³-hybridized carbons (Fsp3) is 0.333. The van der Waals surface area contributed by atoms with E-state index in [1.807, 2.05) is 54.7 Å². The average molecular weight is 448 g/mol. The molecule has 0 saturated carbocycles. The maximum atomic E-state index is 12.9. The van der Waals surface area contributed by atoms with Gasteiger partial charge in [0.15, 0.2) is 5.78 Å². The van der Waals surface area contributed by atoms with Crippen molar-refractivity contribution < 1.29 is 14.3 Å². The lowest BCUT2D eigenvalue weighted by atomic mass is 9.74. The molecule has 3 rings (SSSR count). The third-order valence-electron chi connectivity index (χ3n) is 4.75. The Kier molecular flexibility index (Phi) is 6.17. The number of allylic oxidation sites excluding steroid dienone is 2. The Bertz CT molecular complexity index is 870. The minimum absolute atomic E-state index is 0.184. The van der Waals surface area contributed by atoms with Crippen molar-refractivity contribution in [2.75, 3.05) is 25.6 Å². The molecule has 1 aliphatic rings. The summed E-state index contributed by atoms with van der Waals surface area (Å²) in [5.41, 5.74) is 3.01. The van der Waals surface area contributed by atoms with Crippen LogP contribution in [0, 0.1) is 5.92 Å². The van der Waals surface area contributed by atoms with E-state index in [1.165, 1.54) is 0 Å². The van der Waals surface area contributed by atoms with Crippen LogP contribution in [0.2, 0.25) is 0 Å². The predicted octanol–water partition coefficient (Wildman–Crippen LogP) is 4.90. The fourth-order valence-electron chi connectivity index (χ4n) is 3.40. The summed E-state index contributed by atoms with van der Waals surface area (Å²) in [4.78, 5) is 28.5. The van der Waals surface area contributed by atoms with Crippen LogP contribution in [-0.4, -0.2) is 32.5 Å². The first-order valence-electron chi connectivity index (χ1n) is 8.84. The van der Waals surface area contributed by atoms with E-state index in [1.54, 1.807) is 24.3 Å². The topological polar surface area (TPSA) is 46.6 Å². The third kappa shape index (κ3) is 4.17. The molecule has 1 aliphatic carbocycles. The molecule has 1 aromatic carbocycles. The number of hydrogen-bond donors (Lipinski definition) is 0. The van der Waals surface area contributed by atoms with Crippen molar-refractivity contribution in [1.82, 2.24) is 0 Å². The molecule has 0 bridgehead atoms. The van der Waals surface area contributed by atoms with Crippen LogP contribution in [0.3, 0.4) is 0 Å². The third-order valence-corrected chi connectivity index (χ3v) is 6.67. The van der Waals surface area contributed by atoms with E-state index in [4.69, 9.17) is 4.74 Å². The first-order valence-corrected chi connectivity index (χ1v) is 10.5. The van der Waals surface area contributed by atoms with E-state index in [2.05, 4.69) is 15.9 Å². The lowest BCUT2D eigenvalue weighted by molar-refractivity contribution is -0.151. The van der Waals surface area contributed by atoms with Crippen LogP contribution in [0.1, 0.15) is 29.7 Å². The Labute approximate surface area is 172 Å². The van der Waals surface area contributed by atoms with Gasteiger partial charge >= 0.3 is 5.97 Å². The van der Waals surface area contributed by atoms with Crippen molar-refractivity contribution in [2.24, 2.45) is 5.92 Å². The first kappa shape index (κ1) is 19.8. The van der Waals surface area contributed by atoms with Gasteiger partial charge in [0.2, 0.25) is 0 Å². The zero-order chi connectivity index (χ0) is 19.6. The van der Waals surface area contributed by atoms with Gasteiger partial charge in [-0.25, -0.2) is 0 Å². The van der Waals surface area contributed by atoms with Crippen molar-refractivity contribution in [3.63, 3.8) is 0 Å². The van der Waals surface area contributed by atoms with E-state index < -0.39 is 11.9 Å². The molecule has 0 N–H and O–H groups in total. The summed E-state index contributed by atoms with van der Waals surface area (Å²) < 4.78 is 6.19. The number of halogens is 1. The molecular formula is C21H22BrNO3S. The summed E-state index contributed by atoms with van der Waals surface area (Å²) >= 11 is 5.14. The van der Waals surface area contributed by atoms with E-state index in [0.29, 0.717) is 6.42 Å². The normalized spacial score (nSPS) is 19.6. The maximum Gasteiger partial charge on any atom is 0.317 e. The molecule has 2 unspecified atom stereocenters. The smallest absolute Gasteiger partial charge is 0.317 e. The number of ether oxygens (including phenoxy) is 1. The van der Waals surface area contributed by atoms with Crippen LogP contribution in [-0.2, 0) is 14.3 Å². The molecule has 2 atom stereocenters. The summed E-state index contributed by atoms with van der Waals surface area (Å²) in [6, 6.07) is 10.0. The molecule has 0 fully saturated rings. The van der Waals surface area contributed by atoms with Crippen molar-refractivity contribution in [2.45, 2.75) is 19.3 Å². The molecule has 0 spiro atoms. The quantitative estimate of drug-likeness (QED) is 0.483. The van der Waals surface area contributed by atoms with E-state index in [-0.39, 0.29) is 18.3 Å². The van der Waals surface area contributed by atoms with Crippen LogP contribution in [0.15, 0.2) is 46.3 Å². The van der Waals surface area contributed by atoms with Crippen molar-refractivity contribution >= 4 is 50.3 Å². The number of carbonyl (C=O) groups excluding carboxylic acids is 2. The second kappa shape index (κ2) is 8.40. The van der Waals surface area contributed by atoms with Crippen LogP contribution >= 0.6 is 27.3 Å². The molecule has 27 heavy (non-hydrogen) atoms. The van der Waals surface area contributed by atoms with Gasteiger partial charge in [0, 0.05) is 35.1 Å². The zero-order valence-corrected chi connectivity index (χ0v) is 18.0. The SMILES string of the molecule is CCOC(=O)C1C(=O)C=C(c2sccc2Br)CC1c1ccc(N(C)C)cc1. The van der Waals surface area contributed by atoms with Gasteiger partial charge in [0.25, 0.3) is 0 Å². The van der Waals surface area contributed by atoms with Crippen molar-refractivity contribution in [1.29, 1.82) is 0 Å². The fourth-order valence-corrected chi connectivity index (χ4v) is 5.05. The van der Waals surface area contributed by atoms with Crippen LogP contribution in [0.5, 0.6) is 0 Å². The number of hydrogen-bond acceptors (Lipinski definition) is 5. The molecule has 0 aliphatic heterocycles. The van der Waals surface area contributed by atoms with E-state index >= 15 is 0 Å². The highest BCUT2D eigenvalue weighted by Gasteiger charge is 2.40. The monoisotopic (exact) mass is 447 g/mol. The van der Waals surface area contributed by atoms with Gasteiger partial charge in [-0.3, -0.25) is 9.59 Å². The summed E-state index contributed by atoms with van der Waals surface area (Å²) in [6.45, 7) is 2.03. The lowest BCUT2D eigenvalue weighted by Crippen LogP contribution is -2.34. The van der Waals surface area contributed by atoms with Crippen LogP contribution in [0.4, 0.5) is 5.69 Å². The van der Waals surface area contributed by atoms with Crippen LogP contribution in [0.25, 0.3) is 5.57 Å². The summed E-state index contributed by atoms with van der Waals surface area (Å²) in [6.07, 6.45) is 2.23. The number of esters is 1. The van der Waals surface area contributed by atoms with E-state index in [0.717, 1.165) is 26.2 Å². The van der Waals surface area contributed by atoms with Gasteiger partial charge < -0.3 is 9.64 Å². The van der Waals surface area contributed by atoms with Gasteiger partial charge in [0.05, 0.1) is 6.61 Å². The molecule has 2 aromatic rings. The first-order chi connectivity index (χ1) is 12.9. The molecule has 1 heterocycles. The molecular weight excluding hydrogens is 426 g/mol. The van der Waals surface area contributed by atoms with Gasteiger partial charge in [-0.1, -0.05) is 12.1 Å². The highest BCUT2D eigenvalue weighted by Crippen LogP contribution is 2.43. The Morgan fingerprint density at radius 1 is 1.26 bits per heavy atom. The number of carbonyl (C=O) groups is 2. The number of anilines is 1. The average Bonchev–Trinajstić information content (AvgIpc) is 3.07. The number of rotatable bonds is 5. The summed E-state index contributed by atoms with van der Waals surface area (Å²) in [5.74, 6) is -1.65. The largest absolute Gasteiger partial charge is 0.465 e. The van der Waals surface area contributed by atoms with Crippen molar-refractivity contribution in [3.05, 3.63) is 56.7 Å². The number of nitrogens with zero attached hydrogens (tertiary/aromatic N) is 1. The molecule has 1 aromatic heterocycles. The van der Waals surface area contributed by atoms with Crippen LogP contribution < -0.4 is 4.90 Å². The number of ketones is 1. The zero-order valence-electron chi connectivity index (χ0n) is 15.6. The van der Waals surface area contributed by atoms with E-state index in [9.17, 15) is 9.59 Å². The number of benzene rings is 1. The molecule has 0 amide bonds. The maximum absolute atomic E-state index is 12.9. The standard InChI is InChI=1S/C21H22BrNO3S/c1-4-26-21(25)19-16(13-5-7-15(8-6-13)23(2)3)11-14(12-18(19)24)20-17(22)9-10-27-20/h5-10,12,16,19H,4,11H2,1-3H3. The molecule has 0 saturated heterocycles. The highest BCUT2D eigenvalue weighted by atomic mass is 79.9. The number of thiophene rings is 1. The molecule has 0 radical (unpaired) electrons. The highest BCUT2D eigenvalue weighted by molar-refractivity contribution is 9.10. The second-order valence-corrected chi connectivity index (χ2v) is 8.47. The molecule has 4 nitrogen and oxygen atoms in total. The molecule has 142 valence electrons. The van der Waals surface area contributed by atoms with Gasteiger partial charge in [0.1, 0.15) is 5.92 Å². The van der Waals surface area contributed by atoms with Gasteiger partial charge in [-0.05, 0) is 70.1 Å². The Morgan fingerprint density at radius 3 is 2.52 bits per heavy atom. The van der Waals surface area contributed by atoms with Gasteiger partial charge in [-0.2, -0.15) is 0 Å². The Morgan fingerprint density at radius 2 is 1.96 bits per heavy atom. The predicted molar refractivity (Wildman–Crippen MR) is 113 cm³/mol. The summed E-state index contributed by atoms with van der Waals surface area (Å²) in [7, 11) is 3.96. The minimum atomic E-state index is -0.794.